The summed E-state index contributed by atoms with van der Waals surface area (Å²) in [6.45, 7) is 10.7. The zero-order valence-corrected chi connectivity index (χ0v) is 13.8. The lowest BCUT2D eigenvalue weighted by Crippen LogP contribution is -2.16. The van der Waals surface area contributed by atoms with Crippen LogP contribution in [0.4, 0.5) is 0 Å². The van der Waals surface area contributed by atoms with Crippen molar-refractivity contribution in [3.05, 3.63) is 70.9 Å². The Kier molecular flexibility index (Phi) is 6.36. The Labute approximate surface area is 129 Å². The number of carbonyl (C=O) groups excluding carboxylic acids is 1. The Hall–Kier alpha value is -1.89. The molecule has 0 fully saturated rings. The first-order chi connectivity index (χ1) is 9.86. The summed E-state index contributed by atoms with van der Waals surface area (Å²) in [6.07, 6.45) is 18.3. The molecule has 0 spiro atoms. The van der Waals surface area contributed by atoms with Gasteiger partial charge in [0.25, 0.3) is 0 Å². The lowest BCUT2D eigenvalue weighted by atomic mass is 9.75. The summed E-state index contributed by atoms with van der Waals surface area (Å²) in [5.41, 5.74) is 5.09. The molecule has 1 rings (SSSR count). The monoisotopic (exact) mass is 282 g/mol. The third-order valence-electron chi connectivity index (χ3n) is 3.71. The molecule has 21 heavy (non-hydrogen) atoms. The van der Waals surface area contributed by atoms with Crippen molar-refractivity contribution in [1.29, 1.82) is 0 Å². The summed E-state index contributed by atoms with van der Waals surface area (Å²) >= 11 is 0. The topological polar surface area (TPSA) is 17.1 Å². The predicted molar refractivity (Wildman–Crippen MR) is 92.1 cm³/mol. The zero-order valence-electron chi connectivity index (χ0n) is 13.8. The lowest BCUT2D eigenvalue weighted by molar-refractivity contribution is -0.104. The summed E-state index contributed by atoms with van der Waals surface area (Å²) in [5.74, 6) is 0. The van der Waals surface area contributed by atoms with Crippen LogP contribution in [0.1, 0.15) is 41.0 Å². The van der Waals surface area contributed by atoms with E-state index in [4.69, 9.17) is 0 Å². The molecular weight excluding hydrogens is 256 g/mol. The van der Waals surface area contributed by atoms with Crippen LogP contribution in [-0.2, 0) is 4.79 Å². The zero-order chi connectivity index (χ0) is 15.9. The molecule has 0 atom stereocenters. The van der Waals surface area contributed by atoms with E-state index in [9.17, 15) is 4.79 Å². The third-order valence-corrected chi connectivity index (χ3v) is 3.71. The van der Waals surface area contributed by atoms with E-state index in [1.54, 1.807) is 6.08 Å². The molecule has 0 N–H and O–H groups in total. The van der Waals surface area contributed by atoms with Crippen LogP contribution in [0.5, 0.6) is 0 Å². The van der Waals surface area contributed by atoms with E-state index < -0.39 is 0 Å². The highest BCUT2D eigenvalue weighted by Crippen LogP contribution is 2.37. The van der Waals surface area contributed by atoms with Gasteiger partial charge in [0, 0.05) is 0 Å². The van der Waals surface area contributed by atoms with Crippen LogP contribution < -0.4 is 0 Å². The van der Waals surface area contributed by atoms with Gasteiger partial charge in [0.2, 0.25) is 0 Å². The van der Waals surface area contributed by atoms with Gasteiger partial charge in [-0.1, -0.05) is 62.0 Å². The van der Waals surface area contributed by atoms with Crippen LogP contribution in [0.2, 0.25) is 0 Å². The van der Waals surface area contributed by atoms with Gasteiger partial charge < -0.3 is 0 Å². The number of hydrogen-bond donors (Lipinski definition) is 0. The standard InChI is InChI=1S/C20H26O/c1-16(8-6-9-17(2)13-15-21)11-12-19-18(3)10-7-14-20(19,4)5/h6-13,15H,14H2,1-5H3/b9-6-,12-11+,16-8-,17-13+. The third kappa shape index (κ3) is 5.55. The van der Waals surface area contributed by atoms with Gasteiger partial charge in [-0.3, -0.25) is 4.79 Å². The van der Waals surface area contributed by atoms with E-state index in [0.717, 1.165) is 18.3 Å². The highest BCUT2D eigenvalue weighted by molar-refractivity contribution is 5.66. The maximum Gasteiger partial charge on any atom is 0.143 e. The van der Waals surface area contributed by atoms with Gasteiger partial charge in [-0.15, -0.1) is 0 Å². The first-order valence-electron chi connectivity index (χ1n) is 7.40. The average molecular weight is 282 g/mol. The van der Waals surface area contributed by atoms with Crippen molar-refractivity contribution in [1.82, 2.24) is 0 Å². The lowest BCUT2D eigenvalue weighted by Gasteiger charge is -2.29. The molecule has 1 heteroatoms. The fourth-order valence-electron chi connectivity index (χ4n) is 2.41. The second-order valence-electron chi connectivity index (χ2n) is 6.24. The fourth-order valence-corrected chi connectivity index (χ4v) is 2.41. The van der Waals surface area contributed by atoms with E-state index in [0.29, 0.717) is 0 Å². The summed E-state index contributed by atoms with van der Waals surface area (Å²) in [7, 11) is 0. The number of allylic oxidation sites excluding steroid dienone is 12. The first kappa shape index (κ1) is 17.2. The molecule has 0 amide bonds. The van der Waals surface area contributed by atoms with Gasteiger partial charge in [0.15, 0.2) is 0 Å². The average Bonchev–Trinajstić information content (AvgIpc) is 2.37. The molecule has 0 aromatic heterocycles. The minimum atomic E-state index is 0.203. The van der Waals surface area contributed by atoms with E-state index in [-0.39, 0.29) is 5.41 Å². The van der Waals surface area contributed by atoms with Crippen molar-refractivity contribution in [2.75, 3.05) is 0 Å². The van der Waals surface area contributed by atoms with Crippen molar-refractivity contribution < 1.29 is 4.79 Å². The van der Waals surface area contributed by atoms with Crippen LogP contribution in [-0.4, -0.2) is 6.29 Å². The molecule has 1 aliphatic rings. The second kappa shape index (κ2) is 7.78. The molecular formula is C20H26O. The molecule has 0 bridgehead atoms. The summed E-state index contributed by atoms with van der Waals surface area (Å²) in [5, 5.41) is 0. The Morgan fingerprint density at radius 1 is 1.14 bits per heavy atom. The number of aldehydes is 1. The van der Waals surface area contributed by atoms with Crippen molar-refractivity contribution in [2.45, 2.75) is 41.0 Å². The molecule has 112 valence electrons. The SMILES string of the molecule is CC1=C(/C=C/C(C)=C\C=C/C(C)=C/C=O)C(C)(C)CC=C1. The summed E-state index contributed by atoms with van der Waals surface area (Å²) in [6, 6.07) is 0. The quantitative estimate of drug-likeness (QED) is 0.370. The number of rotatable bonds is 5. The number of hydrogen-bond acceptors (Lipinski definition) is 1. The smallest absolute Gasteiger partial charge is 0.143 e. The van der Waals surface area contributed by atoms with Crippen LogP contribution in [0, 0.1) is 5.41 Å². The number of carbonyl (C=O) groups is 1. The first-order valence-corrected chi connectivity index (χ1v) is 7.40. The molecule has 0 heterocycles. The predicted octanol–water partition coefficient (Wildman–Crippen LogP) is 5.49. The van der Waals surface area contributed by atoms with Crippen molar-refractivity contribution in [3.8, 4) is 0 Å². The molecule has 0 saturated heterocycles. The molecule has 1 aliphatic carbocycles. The maximum absolute atomic E-state index is 10.3. The molecule has 0 aromatic carbocycles. The summed E-state index contributed by atoms with van der Waals surface area (Å²) in [4.78, 5) is 10.3. The van der Waals surface area contributed by atoms with Crippen LogP contribution >= 0.6 is 0 Å². The summed E-state index contributed by atoms with van der Waals surface area (Å²) < 4.78 is 0. The van der Waals surface area contributed by atoms with E-state index >= 15 is 0 Å². The molecule has 0 saturated carbocycles. The van der Waals surface area contributed by atoms with E-state index in [2.05, 4.69) is 58.1 Å². The molecule has 0 aliphatic heterocycles. The Bertz CT molecular complexity index is 561. The van der Waals surface area contributed by atoms with E-state index in [1.165, 1.54) is 16.7 Å². The van der Waals surface area contributed by atoms with Gasteiger partial charge >= 0.3 is 0 Å². The van der Waals surface area contributed by atoms with Gasteiger partial charge in [0.05, 0.1) is 0 Å². The fraction of sp³-hybridized carbons (Fsp3) is 0.350. The minimum Gasteiger partial charge on any atom is -0.299 e. The van der Waals surface area contributed by atoms with Crippen molar-refractivity contribution in [2.24, 2.45) is 5.41 Å². The van der Waals surface area contributed by atoms with Crippen LogP contribution in [0.3, 0.4) is 0 Å². The maximum atomic E-state index is 10.3. The molecule has 0 unspecified atom stereocenters. The van der Waals surface area contributed by atoms with E-state index in [1.807, 2.05) is 19.1 Å². The van der Waals surface area contributed by atoms with Gasteiger partial charge in [-0.2, -0.15) is 0 Å². The van der Waals surface area contributed by atoms with Gasteiger partial charge in [-0.05, 0) is 55.4 Å². The molecule has 0 radical (unpaired) electrons. The van der Waals surface area contributed by atoms with Gasteiger partial charge in [-0.25, -0.2) is 0 Å². The van der Waals surface area contributed by atoms with Crippen LogP contribution in [0.25, 0.3) is 0 Å². The van der Waals surface area contributed by atoms with Crippen molar-refractivity contribution >= 4 is 6.29 Å². The Balaban J connectivity index is 2.82. The van der Waals surface area contributed by atoms with Crippen LogP contribution in [0.15, 0.2) is 70.9 Å². The minimum absolute atomic E-state index is 0.203. The van der Waals surface area contributed by atoms with Gasteiger partial charge in [0.1, 0.15) is 6.29 Å². The highest BCUT2D eigenvalue weighted by Gasteiger charge is 2.23. The largest absolute Gasteiger partial charge is 0.299 e. The van der Waals surface area contributed by atoms with Crippen molar-refractivity contribution in [3.63, 3.8) is 0 Å². The second-order valence-corrected chi connectivity index (χ2v) is 6.24. The highest BCUT2D eigenvalue weighted by atomic mass is 16.1. The molecule has 1 nitrogen and oxygen atoms in total. The normalized spacial score (nSPS) is 19.9. The molecule has 0 aromatic rings. The Morgan fingerprint density at radius 2 is 1.81 bits per heavy atom. The Morgan fingerprint density at radius 3 is 2.43 bits per heavy atom.